The predicted molar refractivity (Wildman–Crippen MR) is 64.8 cm³/mol. The zero-order valence-corrected chi connectivity index (χ0v) is 10.6. The summed E-state index contributed by atoms with van der Waals surface area (Å²) in [4.78, 5) is 0. The van der Waals surface area contributed by atoms with Crippen LogP contribution in [0.3, 0.4) is 0 Å². The van der Waals surface area contributed by atoms with Crippen molar-refractivity contribution in [1.82, 2.24) is 0 Å². The second-order valence-electron chi connectivity index (χ2n) is 5.58. The van der Waals surface area contributed by atoms with Gasteiger partial charge in [-0.05, 0) is 51.0 Å². The van der Waals surface area contributed by atoms with Crippen LogP contribution in [0.15, 0.2) is 0 Å². The zero-order valence-electron chi connectivity index (χ0n) is 10.6. The maximum atomic E-state index is 5.96. The van der Waals surface area contributed by atoms with Gasteiger partial charge in [-0.25, -0.2) is 0 Å². The van der Waals surface area contributed by atoms with Crippen LogP contribution in [0.5, 0.6) is 0 Å². The van der Waals surface area contributed by atoms with E-state index in [4.69, 9.17) is 10.5 Å². The van der Waals surface area contributed by atoms with Crippen molar-refractivity contribution in [2.45, 2.75) is 59.0 Å². The summed E-state index contributed by atoms with van der Waals surface area (Å²) in [5.41, 5.74) is 6.34. The largest absolute Gasteiger partial charge is 0.379 e. The Morgan fingerprint density at radius 1 is 1.47 bits per heavy atom. The molecule has 0 saturated heterocycles. The van der Waals surface area contributed by atoms with Crippen molar-refractivity contribution in [3.63, 3.8) is 0 Å². The predicted octanol–water partition coefficient (Wildman–Crippen LogP) is 2.96. The first-order valence-corrected chi connectivity index (χ1v) is 6.40. The lowest BCUT2D eigenvalue weighted by Crippen LogP contribution is -2.36. The van der Waals surface area contributed by atoms with E-state index < -0.39 is 0 Å². The van der Waals surface area contributed by atoms with Gasteiger partial charge < -0.3 is 10.5 Å². The molecule has 1 rings (SSSR count). The molecule has 2 nitrogen and oxygen atoms in total. The third kappa shape index (κ3) is 4.12. The molecule has 0 bridgehead atoms. The SMILES string of the molecule is CC1CCCC(CN)(CCOC(C)C)C1. The van der Waals surface area contributed by atoms with E-state index in [2.05, 4.69) is 20.8 Å². The second kappa shape index (κ2) is 5.86. The van der Waals surface area contributed by atoms with Crippen molar-refractivity contribution in [3.8, 4) is 0 Å². The van der Waals surface area contributed by atoms with Crippen molar-refractivity contribution in [3.05, 3.63) is 0 Å². The quantitative estimate of drug-likeness (QED) is 0.762. The Morgan fingerprint density at radius 3 is 2.73 bits per heavy atom. The van der Waals surface area contributed by atoms with Gasteiger partial charge in [-0.1, -0.05) is 19.8 Å². The van der Waals surface area contributed by atoms with Crippen molar-refractivity contribution in [1.29, 1.82) is 0 Å². The minimum absolute atomic E-state index is 0.348. The lowest BCUT2D eigenvalue weighted by Gasteiger charge is -2.39. The zero-order chi connectivity index (χ0) is 11.3. The van der Waals surface area contributed by atoms with Crippen LogP contribution in [-0.4, -0.2) is 19.3 Å². The molecule has 2 heteroatoms. The summed E-state index contributed by atoms with van der Waals surface area (Å²) in [6.07, 6.45) is 6.82. The number of hydrogen-bond acceptors (Lipinski definition) is 2. The van der Waals surface area contributed by atoms with Crippen LogP contribution in [0.4, 0.5) is 0 Å². The average Bonchev–Trinajstić information content (AvgIpc) is 2.17. The summed E-state index contributed by atoms with van der Waals surface area (Å²) in [5.74, 6) is 0.848. The van der Waals surface area contributed by atoms with Crippen molar-refractivity contribution < 1.29 is 4.74 Å². The van der Waals surface area contributed by atoms with Gasteiger partial charge in [-0.15, -0.1) is 0 Å². The van der Waals surface area contributed by atoms with E-state index >= 15 is 0 Å². The molecule has 2 N–H and O–H groups in total. The lowest BCUT2D eigenvalue weighted by molar-refractivity contribution is 0.0347. The first kappa shape index (κ1) is 13.0. The maximum Gasteiger partial charge on any atom is 0.0518 e. The van der Waals surface area contributed by atoms with Crippen molar-refractivity contribution >= 4 is 0 Å². The van der Waals surface area contributed by atoms with Crippen molar-refractivity contribution in [2.24, 2.45) is 17.1 Å². The van der Waals surface area contributed by atoms with Crippen LogP contribution >= 0.6 is 0 Å². The highest BCUT2D eigenvalue weighted by Gasteiger charge is 2.33. The molecule has 0 amide bonds. The van der Waals surface area contributed by atoms with E-state index in [1.807, 2.05) is 0 Å². The minimum Gasteiger partial charge on any atom is -0.379 e. The van der Waals surface area contributed by atoms with Crippen molar-refractivity contribution in [2.75, 3.05) is 13.2 Å². The topological polar surface area (TPSA) is 35.2 Å². The molecule has 1 saturated carbocycles. The molecule has 0 aromatic carbocycles. The molecule has 0 aliphatic heterocycles. The van der Waals surface area contributed by atoms with E-state index in [0.717, 1.165) is 25.5 Å². The molecular formula is C13H27NO. The molecular weight excluding hydrogens is 186 g/mol. The third-order valence-electron chi connectivity index (χ3n) is 3.70. The van der Waals surface area contributed by atoms with Gasteiger partial charge in [0, 0.05) is 6.61 Å². The summed E-state index contributed by atoms with van der Waals surface area (Å²) in [6, 6.07) is 0. The van der Waals surface area contributed by atoms with Gasteiger partial charge in [0.05, 0.1) is 6.10 Å². The molecule has 1 fully saturated rings. The third-order valence-corrected chi connectivity index (χ3v) is 3.70. The normalized spacial score (nSPS) is 32.2. The van der Waals surface area contributed by atoms with E-state index in [1.165, 1.54) is 25.7 Å². The standard InChI is InChI=1S/C13H27NO/c1-11(2)15-8-7-13(10-14)6-4-5-12(3)9-13/h11-12H,4-10,14H2,1-3H3. The fraction of sp³-hybridized carbons (Fsp3) is 1.00. The van der Waals surface area contributed by atoms with E-state index in [0.29, 0.717) is 11.5 Å². The molecule has 0 aromatic rings. The number of nitrogens with two attached hydrogens (primary N) is 1. The van der Waals surface area contributed by atoms with Gasteiger partial charge in [-0.2, -0.15) is 0 Å². The minimum atomic E-state index is 0.348. The molecule has 2 unspecified atom stereocenters. The van der Waals surface area contributed by atoms with Gasteiger partial charge in [0.15, 0.2) is 0 Å². The molecule has 2 atom stereocenters. The summed E-state index contributed by atoms with van der Waals surface area (Å²) in [7, 11) is 0. The molecule has 15 heavy (non-hydrogen) atoms. The smallest absolute Gasteiger partial charge is 0.0518 e. The molecule has 0 spiro atoms. The van der Waals surface area contributed by atoms with Gasteiger partial charge in [0.1, 0.15) is 0 Å². The Balaban J connectivity index is 2.38. The van der Waals surface area contributed by atoms with Crippen LogP contribution < -0.4 is 5.73 Å². The Kier molecular flexibility index (Phi) is 5.07. The highest BCUT2D eigenvalue weighted by atomic mass is 16.5. The Morgan fingerprint density at radius 2 is 2.20 bits per heavy atom. The highest BCUT2D eigenvalue weighted by molar-refractivity contribution is 4.86. The molecule has 0 heterocycles. The average molecular weight is 213 g/mol. The summed E-state index contributed by atoms with van der Waals surface area (Å²) in [5, 5.41) is 0. The van der Waals surface area contributed by atoms with Gasteiger partial charge in [0.25, 0.3) is 0 Å². The number of ether oxygens (including phenoxy) is 1. The maximum absolute atomic E-state index is 5.96. The van der Waals surface area contributed by atoms with Crippen LogP contribution in [0.2, 0.25) is 0 Å². The first-order valence-electron chi connectivity index (χ1n) is 6.40. The first-order chi connectivity index (χ1) is 7.08. The van der Waals surface area contributed by atoms with E-state index in [-0.39, 0.29) is 0 Å². The number of rotatable bonds is 5. The van der Waals surface area contributed by atoms with Crippen LogP contribution in [-0.2, 0) is 4.74 Å². The number of hydrogen-bond donors (Lipinski definition) is 1. The fourth-order valence-corrected chi connectivity index (χ4v) is 2.79. The monoisotopic (exact) mass is 213 g/mol. The van der Waals surface area contributed by atoms with Gasteiger partial charge in [0.2, 0.25) is 0 Å². The summed E-state index contributed by atoms with van der Waals surface area (Å²) < 4.78 is 5.65. The fourth-order valence-electron chi connectivity index (χ4n) is 2.79. The Labute approximate surface area is 94.6 Å². The van der Waals surface area contributed by atoms with E-state index in [1.54, 1.807) is 0 Å². The second-order valence-corrected chi connectivity index (χ2v) is 5.58. The molecule has 0 radical (unpaired) electrons. The molecule has 0 aromatic heterocycles. The Hall–Kier alpha value is -0.0800. The van der Waals surface area contributed by atoms with E-state index in [9.17, 15) is 0 Å². The summed E-state index contributed by atoms with van der Waals surface area (Å²) in [6.45, 7) is 8.25. The molecule has 1 aliphatic rings. The lowest BCUT2D eigenvalue weighted by atomic mass is 9.68. The molecule has 1 aliphatic carbocycles. The van der Waals surface area contributed by atoms with Gasteiger partial charge >= 0.3 is 0 Å². The van der Waals surface area contributed by atoms with Crippen LogP contribution in [0.1, 0.15) is 52.9 Å². The van der Waals surface area contributed by atoms with Gasteiger partial charge in [-0.3, -0.25) is 0 Å². The molecule has 90 valence electrons. The highest BCUT2D eigenvalue weighted by Crippen LogP contribution is 2.41. The Bertz CT molecular complexity index is 181. The summed E-state index contributed by atoms with van der Waals surface area (Å²) >= 11 is 0. The van der Waals surface area contributed by atoms with Crippen LogP contribution in [0.25, 0.3) is 0 Å². The van der Waals surface area contributed by atoms with Crippen LogP contribution in [0, 0.1) is 11.3 Å².